The van der Waals surface area contributed by atoms with Gasteiger partial charge in [0.15, 0.2) is 6.17 Å². The highest BCUT2D eigenvalue weighted by atomic mass is 19.1. The third-order valence-corrected chi connectivity index (χ3v) is 6.11. The van der Waals surface area contributed by atoms with E-state index in [1.54, 1.807) is 0 Å². The first-order valence-corrected chi connectivity index (χ1v) is 10.9. The average Bonchev–Trinajstić information content (AvgIpc) is 3.53. The van der Waals surface area contributed by atoms with E-state index >= 15 is 0 Å². The molecular formula is C24H22FN7O. The molecule has 6 rings (SSSR count). The maximum Gasteiger partial charge on any atom is 0.154 e. The molecule has 0 saturated heterocycles. The predicted octanol–water partition coefficient (Wildman–Crippen LogP) is 3.22. The van der Waals surface area contributed by atoms with Crippen molar-refractivity contribution in [2.45, 2.75) is 31.6 Å². The first kappa shape index (κ1) is 19.7. The van der Waals surface area contributed by atoms with Gasteiger partial charge in [0.05, 0.1) is 17.8 Å². The molecule has 1 aromatic heterocycles. The Hall–Kier alpha value is -4.01. The highest BCUT2D eigenvalue weighted by molar-refractivity contribution is 6.17. The van der Waals surface area contributed by atoms with E-state index in [1.165, 1.54) is 18.5 Å². The zero-order chi connectivity index (χ0) is 22.5. The zero-order valence-electron chi connectivity index (χ0n) is 17.7. The number of hydrazone groups is 1. The Morgan fingerprint density at radius 3 is 2.82 bits per heavy atom. The van der Waals surface area contributed by atoms with Crippen LogP contribution < -0.4 is 11.1 Å². The molecule has 0 bridgehead atoms. The van der Waals surface area contributed by atoms with Gasteiger partial charge in [0.25, 0.3) is 0 Å². The van der Waals surface area contributed by atoms with Gasteiger partial charge in [-0.25, -0.2) is 19.4 Å². The number of amidine groups is 1. The zero-order valence-corrected chi connectivity index (χ0v) is 17.7. The summed E-state index contributed by atoms with van der Waals surface area (Å²) in [6.45, 7) is 0.434. The standard InChI is InChI=1S/C24H22FN7O/c25-16-8-14(9-18(33)10-16)21-20-22(26)27-12-28-24(20)32(31-21)11-15-7-13-3-1-2-4-19(13)30-23(15)29-17-5-6-17/h1-4,7-10,12,17,20,24,33H,5-6,11H2,(H,29,30)(H2,26,27,28). The number of pyridine rings is 1. The Bertz CT molecular complexity index is 1330. The molecule has 3 aromatic rings. The van der Waals surface area contributed by atoms with Crippen molar-refractivity contribution in [1.82, 2.24) is 9.99 Å². The molecule has 2 aliphatic heterocycles. The number of phenols is 1. The summed E-state index contributed by atoms with van der Waals surface area (Å²) < 4.78 is 14.0. The molecular weight excluding hydrogens is 421 g/mol. The summed E-state index contributed by atoms with van der Waals surface area (Å²) in [7, 11) is 0. The van der Waals surface area contributed by atoms with Crippen molar-refractivity contribution in [1.29, 1.82) is 0 Å². The fourth-order valence-corrected chi connectivity index (χ4v) is 4.37. The van der Waals surface area contributed by atoms with E-state index in [2.05, 4.69) is 21.4 Å². The second-order valence-corrected chi connectivity index (χ2v) is 8.60. The van der Waals surface area contributed by atoms with E-state index in [1.807, 2.05) is 29.3 Å². The summed E-state index contributed by atoms with van der Waals surface area (Å²) in [5.41, 5.74) is 9.12. The molecule has 0 radical (unpaired) electrons. The number of fused-ring (bicyclic) bond motifs is 2. The number of halogens is 1. The number of aromatic hydroxyl groups is 1. The summed E-state index contributed by atoms with van der Waals surface area (Å²) in [6, 6.07) is 14.4. The molecule has 3 aliphatic rings. The Morgan fingerprint density at radius 1 is 1.15 bits per heavy atom. The van der Waals surface area contributed by atoms with E-state index < -0.39 is 17.9 Å². The van der Waals surface area contributed by atoms with Crippen LogP contribution in [0.5, 0.6) is 5.75 Å². The number of nitrogens with two attached hydrogens (primary N) is 1. The Kier molecular flexibility index (Phi) is 4.49. The maximum absolute atomic E-state index is 14.0. The number of nitrogens with one attached hydrogen (secondary N) is 1. The molecule has 2 aromatic carbocycles. The molecule has 0 amide bonds. The molecule has 166 valence electrons. The van der Waals surface area contributed by atoms with Crippen LogP contribution >= 0.6 is 0 Å². The van der Waals surface area contributed by atoms with Gasteiger partial charge in [-0.05, 0) is 37.1 Å². The molecule has 3 heterocycles. The number of anilines is 1. The molecule has 4 N–H and O–H groups in total. The van der Waals surface area contributed by atoms with Crippen molar-refractivity contribution in [2.75, 3.05) is 5.32 Å². The van der Waals surface area contributed by atoms with Crippen molar-refractivity contribution in [2.24, 2.45) is 26.7 Å². The van der Waals surface area contributed by atoms with Gasteiger partial charge in [0.2, 0.25) is 0 Å². The number of nitrogens with zero attached hydrogens (tertiary/aromatic N) is 5. The van der Waals surface area contributed by atoms with E-state index in [-0.39, 0.29) is 5.75 Å². The lowest BCUT2D eigenvalue weighted by Gasteiger charge is -2.26. The average molecular weight is 443 g/mol. The van der Waals surface area contributed by atoms with Crippen LogP contribution in [0, 0.1) is 11.7 Å². The normalized spacial score (nSPS) is 21.7. The smallest absolute Gasteiger partial charge is 0.154 e. The van der Waals surface area contributed by atoms with Gasteiger partial charge >= 0.3 is 0 Å². The largest absolute Gasteiger partial charge is 0.508 e. The highest BCUT2D eigenvalue weighted by Gasteiger charge is 2.42. The summed E-state index contributed by atoms with van der Waals surface area (Å²) in [6.07, 6.45) is 3.28. The fourth-order valence-electron chi connectivity index (χ4n) is 4.37. The second-order valence-electron chi connectivity index (χ2n) is 8.60. The van der Waals surface area contributed by atoms with E-state index in [9.17, 15) is 9.50 Å². The van der Waals surface area contributed by atoms with Crippen molar-refractivity contribution in [3.05, 3.63) is 65.5 Å². The number of benzene rings is 2. The molecule has 33 heavy (non-hydrogen) atoms. The van der Waals surface area contributed by atoms with E-state index in [4.69, 9.17) is 15.8 Å². The molecule has 9 heteroatoms. The van der Waals surface area contributed by atoms with Gasteiger partial charge in [0.1, 0.15) is 35.5 Å². The van der Waals surface area contributed by atoms with Crippen molar-refractivity contribution in [3.8, 4) is 5.75 Å². The lowest BCUT2D eigenvalue weighted by molar-refractivity contribution is 0.214. The lowest BCUT2D eigenvalue weighted by atomic mass is 9.93. The molecule has 1 aliphatic carbocycles. The van der Waals surface area contributed by atoms with Crippen LogP contribution in [0.4, 0.5) is 10.2 Å². The van der Waals surface area contributed by atoms with Gasteiger partial charge in [-0.1, -0.05) is 18.2 Å². The Balaban J connectivity index is 1.41. The van der Waals surface area contributed by atoms with Crippen molar-refractivity contribution in [3.63, 3.8) is 0 Å². The first-order chi connectivity index (χ1) is 16.0. The minimum atomic E-state index is -0.549. The number of rotatable bonds is 5. The Labute approximate surface area is 189 Å². The highest BCUT2D eigenvalue weighted by Crippen LogP contribution is 2.34. The summed E-state index contributed by atoms with van der Waals surface area (Å²) in [5, 5.41) is 21.1. The number of hydrogen-bond donors (Lipinski definition) is 3. The summed E-state index contributed by atoms with van der Waals surface area (Å²) in [4.78, 5) is 13.5. The lowest BCUT2D eigenvalue weighted by Crippen LogP contribution is -2.42. The van der Waals surface area contributed by atoms with Crippen LogP contribution in [0.15, 0.2) is 63.6 Å². The van der Waals surface area contributed by atoms with Crippen LogP contribution in [0.1, 0.15) is 24.0 Å². The van der Waals surface area contributed by atoms with Crippen LogP contribution in [-0.4, -0.2) is 45.2 Å². The fraction of sp³-hybridized carbons (Fsp3) is 0.250. The molecule has 8 nitrogen and oxygen atoms in total. The van der Waals surface area contributed by atoms with Gasteiger partial charge < -0.3 is 16.2 Å². The van der Waals surface area contributed by atoms with Crippen molar-refractivity contribution < 1.29 is 9.50 Å². The van der Waals surface area contributed by atoms with Crippen LogP contribution in [0.25, 0.3) is 10.9 Å². The minimum Gasteiger partial charge on any atom is -0.508 e. The number of para-hydroxylation sites is 1. The van der Waals surface area contributed by atoms with Gasteiger partial charge in [-0.2, -0.15) is 5.10 Å². The second kappa shape index (κ2) is 7.54. The molecule has 2 unspecified atom stereocenters. The topological polar surface area (TPSA) is 111 Å². The molecule has 1 fully saturated rings. The number of aromatic nitrogens is 1. The number of aliphatic imine (C=N–C) groups is 2. The summed E-state index contributed by atoms with van der Waals surface area (Å²) >= 11 is 0. The van der Waals surface area contributed by atoms with E-state index in [0.29, 0.717) is 29.7 Å². The van der Waals surface area contributed by atoms with E-state index in [0.717, 1.165) is 41.2 Å². The minimum absolute atomic E-state index is 0.174. The maximum atomic E-state index is 14.0. The molecule has 2 atom stereocenters. The SMILES string of the molecule is NC1=NC=NC2C1C(c1cc(O)cc(F)c1)=NN2Cc1cc2ccccc2nc1NC1CC1. The van der Waals surface area contributed by atoms with Crippen LogP contribution in [-0.2, 0) is 6.54 Å². The Morgan fingerprint density at radius 2 is 2.00 bits per heavy atom. The molecule has 1 saturated carbocycles. The van der Waals surface area contributed by atoms with Gasteiger partial charge in [-0.3, -0.25) is 5.01 Å². The van der Waals surface area contributed by atoms with Crippen LogP contribution in [0.3, 0.4) is 0 Å². The molecule has 0 spiro atoms. The van der Waals surface area contributed by atoms with Gasteiger partial charge in [0, 0.05) is 28.6 Å². The first-order valence-electron chi connectivity index (χ1n) is 10.9. The summed E-state index contributed by atoms with van der Waals surface area (Å²) in [5.74, 6) is 0.0259. The number of phenolic OH excluding ortho intramolecular Hbond substituents is 1. The quantitative estimate of drug-likeness (QED) is 0.561. The van der Waals surface area contributed by atoms with Gasteiger partial charge in [-0.15, -0.1) is 0 Å². The van der Waals surface area contributed by atoms with Crippen molar-refractivity contribution >= 4 is 34.6 Å². The third-order valence-electron chi connectivity index (χ3n) is 6.11. The van der Waals surface area contributed by atoms with Crippen LogP contribution in [0.2, 0.25) is 0 Å². The number of hydrogen-bond acceptors (Lipinski definition) is 8. The predicted molar refractivity (Wildman–Crippen MR) is 126 cm³/mol. The monoisotopic (exact) mass is 443 g/mol. The third kappa shape index (κ3) is 3.65.